The largest absolute Gasteiger partial charge is 0.321 e. The summed E-state index contributed by atoms with van der Waals surface area (Å²) in [6.45, 7) is 1.73. The Morgan fingerprint density at radius 3 is 2.67 bits per heavy atom. The highest BCUT2D eigenvalue weighted by Crippen LogP contribution is 2.25. The maximum absolute atomic E-state index is 12.4. The minimum atomic E-state index is -0.288. The molecule has 0 atom stereocenters. The van der Waals surface area contributed by atoms with Gasteiger partial charge in [0.05, 0.1) is 10.6 Å². The van der Waals surface area contributed by atoms with Gasteiger partial charge < -0.3 is 5.32 Å². The zero-order valence-electron chi connectivity index (χ0n) is 12.5. The number of carbonyl (C=O) groups is 2. The van der Waals surface area contributed by atoms with Crippen LogP contribution in [-0.2, 0) is 0 Å². The summed E-state index contributed by atoms with van der Waals surface area (Å²) in [6.07, 6.45) is 0. The number of thiazole rings is 1. The quantitative estimate of drug-likeness (QED) is 0.693. The van der Waals surface area contributed by atoms with Crippen molar-refractivity contribution in [2.45, 2.75) is 6.92 Å². The third-order valence-corrected chi connectivity index (χ3v) is 5.23. The van der Waals surface area contributed by atoms with E-state index < -0.39 is 0 Å². The summed E-state index contributed by atoms with van der Waals surface area (Å²) in [5.74, 6) is -0.524. The van der Waals surface area contributed by atoms with Gasteiger partial charge in [0.2, 0.25) is 0 Å². The highest BCUT2D eigenvalue weighted by atomic mass is 35.5. The molecular formula is C16H12ClN3O2S2. The zero-order chi connectivity index (χ0) is 17.1. The third kappa shape index (κ3) is 3.81. The van der Waals surface area contributed by atoms with Gasteiger partial charge in [-0.3, -0.25) is 14.9 Å². The molecule has 2 heterocycles. The van der Waals surface area contributed by atoms with Gasteiger partial charge in [-0.05, 0) is 36.6 Å². The first-order valence-corrected chi connectivity index (χ1v) is 8.99. The minimum Gasteiger partial charge on any atom is -0.321 e. The van der Waals surface area contributed by atoms with Gasteiger partial charge in [-0.15, -0.1) is 11.3 Å². The maximum Gasteiger partial charge on any atom is 0.267 e. The van der Waals surface area contributed by atoms with Crippen LogP contribution in [-0.4, -0.2) is 16.8 Å². The minimum absolute atomic E-state index is 0.236. The average Bonchev–Trinajstić information content (AvgIpc) is 3.17. The highest BCUT2D eigenvalue weighted by Gasteiger charge is 2.17. The van der Waals surface area contributed by atoms with Crippen LogP contribution in [0.15, 0.2) is 41.8 Å². The molecule has 3 rings (SSSR count). The van der Waals surface area contributed by atoms with Crippen LogP contribution >= 0.6 is 34.3 Å². The first kappa shape index (κ1) is 16.6. The summed E-state index contributed by atoms with van der Waals surface area (Å²) in [5, 5.41) is 8.24. The molecule has 5 nitrogen and oxygen atoms in total. The highest BCUT2D eigenvalue weighted by molar-refractivity contribution is 7.18. The number of nitrogens with one attached hydrogen (secondary N) is 2. The topological polar surface area (TPSA) is 71.1 Å². The third-order valence-electron chi connectivity index (χ3n) is 3.05. The number of rotatable bonds is 4. The fraction of sp³-hybridized carbons (Fsp3) is 0.0625. The fourth-order valence-electron chi connectivity index (χ4n) is 1.98. The number of thiophene rings is 1. The molecule has 24 heavy (non-hydrogen) atoms. The van der Waals surface area contributed by atoms with Crippen molar-refractivity contribution in [1.82, 2.24) is 4.98 Å². The van der Waals surface area contributed by atoms with Crippen molar-refractivity contribution in [3.05, 3.63) is 62.2 Å². The lowest BCUT2D eigenvalue weighted by molar-refractivity contribution is 0.102. The maximum atomic E-state index is 12.4. The first-order chi connectivity index (χ1) is 11.5. The standard InChI is InChI=1S/C16H12ClN3O2S2/c1-9-13(15(22)19-11-5-2-4-10(17)8-11)24-16(18-9)20-14(21)12-6-3-7-23-12/h2-8H,1H3,(H,19,22)(H,18,20,21). The molecule has 122 valence electrons. The second kappa shape index (κ2) is 7.12. The molecule has 2 amide bonds. The summed E-state index contributed by atoms with van der Waals surface area (Å²) >= 11 is 8.39. The van der Waals surface area contributed by atoms with Crippen LogP contribution in [0.3, 0.4) is 0 Å². The van der Waals surface area contributed by atoms with Crippen LogP contribution in [0.25, 0.3) is 0 Å². The molecule has 3 aromatic rings. The molecule has 0 saturated heterocycles. The smallest absolute Gasteiger partial charge is 0.267 e. The summed E-state index contributed by atoms with van der Waals surface area (Å²) in [7, 11) is 0. The van der Waals surface area contributed by atoms with Crippen LogP contribution in [0.4, 0.5) is 10.8 Å². The van der Waals surface area contributed by atoms with Gasteiger partial charge >= 0.3 is 0 Å². The van der Waals surface area contributed by atoms with Crippen molar-refractivity contribution < 1.29 is 9.59 Å². The lowest BCUT2D eigenvalue weighted by Crippen LogP contribution is -2.11. The second-order valence-electron chi connectivity index (χ2n) is 4.83. The van der Waals surface area contributed by atoms with Crippen molar-refractivity contribution in [1.29, 1.82) is 0 Å². The van der Waals surface area contributed by atoms with Crippen molar-refractivity contribution in [3.63, 3.8) is 0 Å². The number of nitrogens with zero attached hydrogens (tertiary/aromatic N) is 1. The molecule has 0 aliphatic carbocycles. The molecule has 0 unspecified atom stereocenters. The Bertz CT molecular complexity index is 891. The number of anilines is 2. The number of carbonyl (C=O) groups excluding carboxylic acids is 2. The van der Waals surface area contributed by atoms with Crippen molar-refractivity contribution in [3.8, 4) is 0 Å². The van der Waals surface area contributed by atoms with Crippen molar-refractivity contribution in [2.24, 2.45) is 0 Å². The zero-order valence-corrected chi connectivity index (χ0v) is 14.9. The van der Waals surface area contributed by atoms with Crippen LogP contribution in [0.5, 0.6) is 0 Å². The SMILES string of the molecule is Cc1nc(NC(=O)c2cccs2)sc1C(=O)Nc1cccc(Cl)c1. The predicted octanol–water partition coefficient (Wildman–Crippen LogP) is 4.67. The van der Waals surface area contributed by atoms with E-state index in [2.05, 4.69) is 15.6 Å². The molecule has 0 radical (unpaired) electrons. The monoisotopic (exact) mass is 377 g/mol. The van der Waals surface area contributed by atoms with Gasteiger partial charge in [0, 0.05) is 10.7 Å². The lowest BCUT2D eigenvalue weighted by Gasteiger charge is -2.04. The van der Waals surface area contributed by atoms with Crippen LogP contribution in [0.2, 0.25) is 5.02 Å². The molecule has 0 fully saturated rings. The van der Waals surface area contributed by atoms with Crippen LogP contribution in [0.1, 0.15) is 25.0 Å². The molecule has 0 spiro atoms. The number of amides is 2. The van der Waals surface area contributed by atoms with E-state index in [9.17, 15) is 9.59 Å². The molecule has 2 N–H and O–H groups in total. The Kier molecular flexibility index (Phi) is 4.94. The number of benzene rings is 1. The fourth-order valence-corrected chi connectivity index (χ4v) is 3.65. The predicted molar refractivity (Wildman–Crippen MR) is 98.5 cm³/mol. The Labute approximate surface area is 151 Å². The van der Waals surface area contributed by atoms with Gasteiger partial charge in [-0.2, -0.15) is 0 Å². The summed E-state index contributed by atoms with van der Waals surface area (Å²) in [6, 6.07) is 10.4. The molecule has 0 aliphatic heterocycles. The van der Waals surface area contributed by atoms with E-state index >= 15 is 0 Å². The Morgan fingerprint density at radius 2 is 1.96 bits per heavy atom. The number of aryl methyl sites for hydroxylation is 1. The normalized spacial score (nSPS) is 10.4. The van der Waals surface area contributed by atoms with Gasteiger partial charge in [0.25, 0.3) is 11.8 Å². The van der Waals surface area contributed by atoms with E-state index in [1.165, 1.54) is 11.3 Å². The van der Waals surface area contributed by atoms with Gasteiger partial charge in [-0.25, -0.2) is 4.98 Å². The average molecular weight is 378 g/mol. The van der Waals surface area contributed by atoms with E-state index in [1.807, 2.05) is 5.38 Å². The summed E-state index contributed by atoms with van der Waals surface area (Å²) in [5.41, 5.74) is 1.16. The molecular weight excluding hydrogens is 366 g/mol. The number of aromatic nitrogens is 1. The second-order valence-corrected chi connectivity index (χ2v) is 7.21. The lowest BCUT2D eigenvalue weighted by atomic mass is 10.3. The van der Waals surface area contributed by atoms with E-state index in [4.69, 9.17) is 11.6 Å². The molecule has 8 heteroatoms. The van der Waals surface area contributed by atoms with Crippen LogP contribution in [0, 0.1) is 6.92 Å². The number of halogens is 1. The van der Waals surface area contributed by atoms with Crippen molar-refractivity contribution in [2.75, 3.05) is 10.6 Å². The summed E-state index contributed by atoms with van der Waals surface area (Å²) in [4.78, 5) is 29.7. The Hall–Kier alpha value is -2.22. The van der Waals surface area contributed by atoms with E-state index in [1.54, 1.807) is 43.3 Å². The summed E-state index contributed by atoms with van der Waals surface area (Å²) < 4.78 is 0. The molecule has 0 bridgehead atoms. The van der Waals surface area contributed by atoms with Gasteiger partial charge in [-0.1, -0.05) is 35.1 Å². The van der Waals surface area contributed by atoms with E-state index in [-0.39, 0.29) is 11.8 Å². The first-order valence-electron chi connectivity index (χ1n) is 6.92. The van der Waals surface area contributed by atoms with Crippen molar-refractivity contribution >= 4 is 56.9 Å². The Morgan fingerprint density at radius 1 is 1.12 bits per heavy atom. The van der Waals surface area contributed by atoms with E-state index in [0.717, 1.165) is 11.3 Å². The van der Waals surface area contributed by atoms with E-state index in [0.29, 0.717) is 31.3 Å². The Balaban J connectivity index is 1.73. The van der Waals surface area contributed by atoms with Crippen LogP contribution < -0.4 is 10.6 Å². The van der Waals surface area contributed by atoms with Gasteiger partial charge in [0.1, 0.15) is 4.88 Å². The number of hydrogen-bond donors (Lipinski definition) is 2. The van der Waals surface area contributed by atoms with Gasteiger partial charge in [0.15, 0.2) is 5.13 Å². The molecule has 0 saturated carbocycles. The number of hydrogen-bond acceptors (Lipinski definition) is 5. The molecule has 1 aromatic carbocycles. The molecule has 0 aliphatic rings. The molecule has 2 aromatic heterocycles.